The van der Waals surface area contributed by atoms with Crippen LogP contribution in [0.15, 0.2) is 12.1 Å². The molecule has 0 unspecified atom stereocenters. The number of carbonyl (C=O) groups is 2. The minimum Gasteiger partial charge on any atom is -0.469 e. The summed E-state index contributed by atoms with van der Waals surface area (Å²) < 4.78 is 32.4. The van der Waals surface area contributed by atoms with Gasteiger partial charge in [-0.05, 0) is 6.07 Å². The maximum absolute atomic E-state index is 13.4. The standard InChI is InChI=1S/C17H17F2N5O3/c1-22-6-9-4-12(21-13(9)16(22)26)24-8-27-11-5-10(20-14(11)24)15(25)23-3-2-17(18,19)7-23/h4-5,20-21H,2-3,6-8H2,1H3. The lowest BCUT2D eigenvalue weighted by Crippen LogP contribution is -2.31. The van der Waals surface area contributed by atoms with E-state index < -0.39 is 18.4 Å². The Balaban J connectivity index is 1.40. The number of aromatic nitrogens is 2. The van der Waals surface area contributed by atoms with Gasteiger partial charge in [-0.25, -0.2) is 8.78 Å². The van der Waals surface area contributed by atoms with Gasteiger partial charge >= 0.3 is 0 Å². The normalized spacial score (nSPS) is 20.3. The average Bonchev–Trinajstić information content (AvgIpc) is 3.37. The number of hydrogen-bond donors (Lipinski definition) is 2. The van der Waals surface area contributed by atoms with E-state index in [1.807, 2.05) is 6.07 Å². The second-order valence-electron chi connectivity index (χ2n) is 7.15. The molecule has 142 valence electrons. The van der Waals surface area contributed by atoms with Gasteiger partial charge in [-0.2, -0.15) is 0 Å². The van der Waals surface area contributed by atoms with E-state index in [0.29, 0.717) is 29.6 Å². The summed E-state index contributed by atoms with van der Waals surface area (Å²) in [6, 6.07) is 3.40. The Morgan fingerprint density at radius 3 is 2.81 bits per heavy atom. The summed E-state index contributed by atoms with van der Waals surface area (Å²) in [4.78, 5) is 35.2. The third kappa shape index (κ3) is 2.39. The van der Waals surface area contributed by atoms with E-state index in [1.54, 1.807) is 16.8 Å². The van der Waals surface area contributed by atoms with Gasteiger partial charge in [-0.15, -0.1) is 0 Å². The molecule has 2 aromatic heterocycles. The molecular weight excluding hydrogens is 360 g/mol. The molecule has 1 saturated heterocycles. The Hall–Kier alpha value is -3.04. The van der Waals surface area contributed by atoms with Crippen LogP contribution in [0.2, 0.25) is 0 Å². The van der Waals surface area contributed by atoms with E-state index in [4.69, 9.17) is 4.74 Å². The molecule has 27 heavy (non-hydrogen) atoms. The number of alkyl halides is 2. The quantitative estimate of drug-likeness (QED) is 0.837. The van der Waals surface area contributed by atoms with Crippen molar-refractivity contribution in [2.75, 3.05) is 31.8 Å². The second-order valence-corrected chi connectivity index (χ2v) is 7.15. The molecule has 2 amide bonds. The molecule has 0 aromatic carbocycles. The predicted octanol–water partition coefficient (Wildman–Crippen LogP) is 1.90. The summed E-state index contributed by atoms with van der Waals surface area (Å²) in [6.07, 6.45) is -0.321. The number of rotatable bonds is 2. The van der Waals surface area contributed by atoms with Crippen molar-refractivity contribution in [3.63, 3.8) is 0 Å². The lowest BCUT2D eigenvalue weighted by Gasteiger charge is -2.17. The average molecular weight is 377 g/mol. The molecule has 0 atom stereocenters. The third-order valence-electron chi connectivity index (χ3n) is 5.21. The number of hydrogen-bond acceptors (Lipinski definition) is 4. The van der Waals surface area contributed by atoms with Crippen molar-refractivity contribution in [1.82, 2.24) is 19.8 Å². The number of ether oxygens (including phenoxy) is 1. The molecule has 3 aliphatic rings. The summed E-state index contributed by atoms with van der Waals surface area (Å²) in [6.45, 7) is 0.211. The number of fused-ring (bicyclic) bond motifs is 2. The van der Waals surface area contributed by atoms with Crippen LogP contribution >= 0.6 is 0 Å². The number of anilines is 2. The van der Waals surface area contributed by atoms with Crippen LogP contribution in [0.5, 0.6) is 5.75 Å². The number of nitrogens with one attached hydrogen (secondary N) is 2. The SMILES string of the molecule is CN1Cc2cc(N3COc4cc(C(=O)N5CCC(F)(F)C5)[nH]c43)[nH]c2C1=O. The smallest absolute Gasteiger partial charge is 0.270 e. The van der Waals surface area contributed by atoms with Crippen LogP contribution in [-0.2, 0) is 6.54 Å². The lowest BCUT2D eigenvalue weighted by atomic mass is 10.3. The van der Waals surface area contributed by atoms with Gasteiger partial charge in [0.15, 0.2) is 18.3 Å². The van der Waals surface area contributed by atoms with E-state index in [-0.39, 0.29) is 31.3 Å². The summed E-state index contributed by atoms with van der Waals surface area (Å²) in [5.41, 5.74) is 1.65. The Kier molecular flexibility index (Phi) is 3.14. The largest absolute Gasteiger partial charge is 0.469 e. The van der Waals surface area contributed by atoms with Gasteiger partial charge in [0.1, 0.15) is 17.2 Å². The Morgan fingerprint density at radius 1 is 1.30 bits per heavy atom. The summed E-state index contributed by atoms with van der Waals surface area (Å²) in [5, 5.41) is 0. The van der Waals surface area contributed by atoms with Gasteiger partial charge in [0.2, 0.25) is 0 Å². The number of aromatic amines is 2. The zero-order valence-electron chi connectivity index (χ0n) is 14.5. The van der Waals surface area contributed by atoms with E-state index in [1.165, 1.54) is 6.07 Å². The van der Waals surface area contributed by atoms with Gasteiger partial charge in [-0.1, -0.05) is 0 Å². The first-order valence-electron chi connectivity index (χ1n) is 8.60. The van der Waals surface area contributed by atoms with E-state index in [0.717, 1.165) is 10.5 Å². The predicted molar refractivity (Wildman–Crippen MR) is 90.5 cm³/mol. The molecule has 0 saturated carbocycles. The molecule has 0 bridgehead atoms. The summed E-state index contributed by atoms with van der Waals surface area (Å²) in [5.74, 6) is -1.68. The number of likely N-dealkylation sites (tertiary alicyclic amines) is 1. The Labute approximate surface area is 152 Å². The molecule has 5 heterocycles. The second kappa shape index (κ2) is 5.24. The van der Waals surface area contributed by atoms with Crippen LogP contribution in [0.3, 0.4) is 0 Å². The highest BCUT2D eigenvalue weighted by Gasteiger charge is 2.41. The van der Waals surface area contributed by atoms with Crippen LogP contribution in [0.1, 0.15) is 33.0 Å². The van der Waals surface area contributed by atoms with E-state index in [2.05, 4.69) is 9.97 Å². The number of H-pyrrole nitrogens is 2. The topological polar surface area (TPSA) is 84.7 Å². The Bertz CT molecular complexity index is 966. The third-order valence-corrected chi connectivity index (χ3v) is 5.21. The number of nitrogens with zero attached hydrogens (tertiary/aromatic N) is 3. The molecule has 2 N–H and O–H groups in total. The van der Waals surface area contributed by atoms with Crippen molar-refractivity contribution < 1.29 is 23.1 Å². The van der Waals surface area contributed by atoms with Crippen LogP contribution in [-0.4, -0.2) is 64.4 Å². The van der Waals surface area contributed by atoms with Gasteiger partial charge in [0.25, 0.3) is 17.7 Å². The van der Waals surface area contributed by atoms with E-state index >= 15 is 0 Å². The molecule has 0 radical (unpaired) electrons. The first kappa shape index (κ1) is 16.2. The van der Waals surface area contributed by atoms with Gasteiger partial charge in [0, 0.05) is 38.2 Å². The molecule has 2 aromatic rings. The molecular formula is C17H17F2N5O3. The van der Waals surface area contributed by atoms with Gasteiger partial charge in [-0.3, -0.25) is 14.5 Å². The van der Waals surface area contributed by atoms with Crippen LogP contribution < -0.4 is 9.64 Å². The highest BCUT2D eigenvalue weighted by molar-refractivity contribution is 5.98. The molecule has 10 heteroatoms. The highest BCUT2D eigenvalue weighted by atomic mass is 19.3. The molecule has 5 rings (SSSR count). The van der Waals surface area contributed by atoms with Crippen molar-refractivity contribution in [1.29, 1.82) is 0 Å². The van der Waals surface area contributed by atoms with Gasteiger partial charge < -0.3 is 24.5 Å². The van der Waals surface area contributed by atoms with Crippen molar-refractivity contribution in [2.24, 2.45) is 0 Å². The Morgan fingerprint density at radius 2 is 2.11 bits per heavy atom. The highest BCUT2D eigenvalue weighted by Crippen LogP contribution is 2.40. The first-order valence-corrected chi connectivity index (χ1v) is 8.60. The summed E-state index contributed by atoms with van der Waals surface area (Å²) in [7, 11) is 1.73. The van der Waals surface area contributed by atoms with Crippen molar-refractivity contribution >= 4 is 23.5 Å². The number of halogens is 2. The fourth-order valence-corrected chi connectivity index (χ4v) is 3.78. The molecule has 0 aliphatic carbocycles. The molecule has 8 nitrogen and oxygen atoms in total. The van der Waals surface area contributed by atoms with Crippen molar-refractivity contribution in [2.45, 2.75) is 18.9 Å². The summed E-state index contributed by atoms with van der Waals surface area (Å²) >= 11 is 0. The van der Waals surface area contributed by atoms with Crippen LogP contribution in [0, 0.1) is 0 Å². The van der Waals surface area contributed by atoms with Crippen LogP contribution in [0.4, 0.5) is 20.4 Å². The fourth-order valence-electron chi connectivity index (χ4n) is 3.78. The minimum atomic E-state index is -2.84. The maximum atomic E-state index is 13.4. The lowest BCUT2D eigenvalue weighted by molar-refractivity contribution is 0.0119. The van der Waals surface area contributed by atoms with Crippen molar-refractivity contribution in [3.05, 3.63) is 29.1 Å². The van der Waals surface area contributed by atoms with Crippen molar-refractivity contribution in [3.8, 4) is 5.75 Å². The molecule has 0 spiro atoms. The minimum absolute atomic E-state index is 0.0269. The number of amides is 2. The zero-order valence-corrected chi connectivity index (χ0v) is 14.5. The maximum Gasteiger partial charge on any atom is 0.270 e. The molecule has 3 aliphatic heterocycles. The first-order chi connectivity index (χ1) is 12.8. The molecule has 1 fully saturated rings. The fraction of sp³-hybridized carbons (Fsp3) is 0.412. The van der Waals surface area contributed by atoms with Gasteiger partial charge in [0.05, 0.1) is 6.54 Å². The monoisotopic (exact) mass is 377 g/mol. The van der Waals surface area contributed by atoms with E-state index in [9.17, 15) is 18.4 Å². The zero-order chi connectivity index (χ0) is 18.9. The number of carbonyl (C=O) groups excluding carboxylic acids is 2. The van der Waals surface area contributed by atoms with Crippen LogP contribution in [0.25, 0.3) is 0 Å².